The molecule has 2 aromatic rings. The molecule has 2 aromatic carbocycles. The van der Waals surface area contributed by atoms with Crippen LogP contribution >= 0.6 is 27.5 Å². The number of para-hydroxylation sites is 1. The number of imide groups is 1. The van der Waals surface area contributed by atoms with Crippen LogP contribution in [-0.2, 0) is 9.59 Å². The van der Waals surface area contributed by atoms with E-state index in [-0.39, 0.29) is 18.2 Å². The number of anilines is 2. The van der Waals surface area contributed by atoms with E-state index >= 15 is 0 Å². The van der Waals surface area contributed by atoms with Gasteiger partial charge in [0.05, 0.1) is 22.8 Å². The van der Waals surface area contributed by atoms with Crippen LogP contribution in [0.25, 0.3) is 0 Å². The fourth-order valence-electron chi connectivity index (χ4n) is 2.37. The summed E-state index contributed by atoms with van der Waals surface area (Å²) in [5, 5.41) is 3.57. The van der Waals surface area contributed by atoms with Crippen molar-refractivity contribution in [2.75, 3.05) is 10.2 Å². The van der Waals surface area contributed by atoms with Crippen molar-refractivity contribution in [2.24, 2.45) is 0 Å². The quantitative estimate of drug-likeness (QED) is 0.824. The van der Waals surface area contributed by atoms with Gasteiger partial charge in [0.25, 0.3) is 5.91 Å². The standard InChI is InChI=1S/C16H12BrClN2O2/c17-10-5-7-11(8-6-10)20-15(21)9-14(16(20)22)19-13-4-2-1-3-12(13)18/h1-8,14,19H,9H2. The molecular formula is C16H12BrClN2O2. The largest absolute Gasteiger partial charge is 0.372 e. The van der Waals surface area contributed by atoms with Crippen LogP contribution in [0.1, 0.15) is 6.42 Å². The molecule has 0 aromatic heterocycles. The number of halogens is 2. The van der Waals surface area contributed by atoms with E-state index in [9.17, 15) is 9.59 Å². The molecule has 1 aliphatic heterocycles. The van der Waals surface area contributed by atoms with Crippen LogP contribution in [-0.4, -0.2) is 17.9 Å². The highest BCUT2D eigenvalue weighted by Crippen LogP contribution is 2.28. The van der Waals surface area contributed by atoms with Gasteiger partial charge in [-0.1, -0.05) is 39.7 Å². The van der Waals surface area contributed by atoms with Gasteiger partial charge in [-0.3, -0.25) is 9.59 Å². The second-order valence-electron chi connectivity index (χ2n) is 4.92. The van der Waals surface area contributed by atoms with Crippen LogP contribution in [0.5, 0.6) is 0 Å². The Morgan fingerprint density at radius 3 is 2.45 bits per heavy atom. The summed E-state index contributed by atoms with van der Waals surface area (Å²) in [5.41, 5.74) is 1.22. The lowest BCUT2D eigenvalue weighted by Crippen LogP contribution is -2.34. The third kappa shape index (κ3) is 2.87. The number of benzene rings is 2. The van der Waals surface area contributed by atoms with E-state index in [1.54, 1.807) is 36.4 Å². The number of hydrogen-bond donors (Lipinski definition) is 1. The molecule has 22 heavy (non-hydrogen) atoms. The van der Waals surface area contributed by atoms with Crippen LogP contribution in [0.4, 0.5) is 11.4 Å². The van der Waals surface area contributed by atoms with Crippen LogP contribution in [0, 0.1) is 0 Å². The molecule has 1 unspecified atom stereocenters. The SMILES string of the molecule is O=C1CC(Nc2ccccc2Cl)C(=O)N1c1ccc(Br)cc1. The Labute approximate surface area is 141 Å². The lowest BCUT2D eigenvalue weighted by atomic mass is 10.2. The van der Waals surface area contributed by atoms with Gasteiger partial charge in [0.15, 0.2) is 0 Å². The molecule has 3 rings (SSSR count). The highest BCUT2D eigenvalue weighted by atomic mass is 79.9. The van der Waals surface area contributed by atoms with Crippen LogP contribution in [0.3, 0.4) is 0 Å². The van der Waals surface area contributed by atoms with Crippen LogP contribution in [0.15, 0.2) is 53.0 Å². The molecule has 4 nitrogen and oxygen atoms in total. The number of rotatable bonds is 3. The first-order chi connectivity index (χ1) is 10.6. The summed E-state index contributed by atoms with van der Waals surface area (Å²) < 4.78 is 0.890. The predicted molar refractivity (Wildman–Crippen MR) is 90.1 cm³/mol. The van der Waals surface area contributed by atoms with Crippen LogP contribution < -0.4 is 10.2 Å². The second kappa shape index (κ2) is 6.10. The fourth-order valence-corrected chi connectivity index (χ4v) is 2.83. The lowest BCUT2D eigenvalue weighted by molar-refractivity contribution is -0.121. The summed E-state index contributed by atoms with van der Waals surface area (Å²) in [7, 11) is 0. The number of nitrogens with one attached hydrogen (secondary N) is 1. The van der Waals surface area contributed by atoms with Gasteiger partial charge >= 0.3 is 0 Å². The Balaban J connectivity index is 1.82. The molecule has 1 fully saturated rings. The minimum absolute atomic E-state index is 0.111. The molecule has 6 heteroatoms. The molecule has 0 spiro atoms. The molecule has 0 radical (unpaired) electrons. The molecule has 2 amide bonds. The van der Waals surface area contributed by atoms with E-state index in [0.29, 0.717) is 16.4 Å². The molecule has 0 bridgehead atoms. The smallest absolute Gasteiger partial charge is 0.256 e. The third-order valence-corrected chi connectivity index (χ3v) is 4.29. The summed E-state index contributed by atoms with van der Waals surface area (Å²) in [6, 6.07) is 13.6. The summed E-state index contributed by atoms with van der Waals surface area (Å²) in [6.07, 6.45) is 0.111. The Morgan fingerprint density at radius 2 is 1.77 bits per heavy atom. The van der Waals surface area contributed by atoms with E-state index in [1.807, 2.05) is 12.1 Å². The van der Waals surface area contributed by atoms with Crippen molar-refractivity contribution >= 4 is 50.7 Å². The topological polar surface area (TPSA) is 49.4 Å². The van der Waals surface area contributed by atoms with Gasteiger partial charge in [-0.25, -0.2) is 4.90 Å². The van der Waals surface area contributed by atoms with E-state index in [2.05, 4.69) is 21.2 Å². The van der Waals surface area contributed by atoms with Gasteiger partial charge in [0.2, 0.25) is 5.91 Å². The molecule has 0 aliphatic carbocycles. The fraction of sp³-hybridized carbons (Fsp3) is 0.125. The summed E-state index contributed by atoms with van der Waals surface area (Å²) in [4.78, 5) is 25.9. The average molecular weight is 380 g/mol. The van der Waals surface area contributed by atoms with Crippen molar-refractivity contribution in [1.82, 2.24) is 0 Å². The third-order valence-electron chi connectivity index (χ3n) is 3.44. The van der Waals surface area contributed by atoms with E-state index in [1.165, 1.54) is 4.90 Å². The van der Waals surface area contributed by atoms with Gasteiger partial charge < -0.3 is 5.32 Å². The second-order valence-corrected chi connectivity index (χ2v) is 6.25. The maximum atomic E-state index is 12.5. The highest BCUT2D eigenvalue weighted by molar-refractivity contribution is 9.10. The minimum Gasteiger partial charge on any atom is -0.372 e. The normalized spacial score (nSPS) is 17.9. The van der Waals surface area contributed by atoms with Gasteiger partial charge in [-0.15, -0.1) is 0 Å². The van der Waals surface area contributed by atoms with Crippen molar-refractivity contribution in [3.63, 3.8) is 0 Å². The highest BCUT2D eigenvalue weighted by Gasteiger charge is 2.39. The van der Waals surface area contributed by atoms with Gasteiger partial charge in [0, 0.05) is 4.47 Å². The summed E-state index contributed by atoms with van der Waals surface area (Å²) >= 11 is 9.41. The Morgan fingerprint density at radius 1 is 1.09 bits per heavy atom. The Kier molecular flexibility index (Phi) is 4.18. The summed E-state index contributed by atoms with van der Waals surface area (Å²) in [6.45, 7) is 0. The molecule has 0 saturated carbocycles. The molecule has 1 saturated heterocycles. The molecule has 1 heterocycles. The Bertz CT molecular complexity index is 733. The molecule has 1 N–H and O–H groups in total. The first-order valence-electron chi connectivity index (χ1n) is 6.69. The molecule has 112 valence electrons. The van der Waals surface area contributed by atoms with Gasteiger partial charge in [0.1, 0.15) is 6.04 Å². The Hall–Kier alpha value is -1.85. The number of carbonyl (C=O) groups is 2. The predicted octanol–water partition coefficient (Wildman–Crippen LogP) is 3.85. The first-order valence-corrected chi connectivity index (χ1v) is 7.87. The minimum atomic E-state index is -0.601. The number of amides is 2. The van der Waals surface area contributed by atoms with E-state index < -0.39 is 6.04 Å². The maximum absolute atomic E-state index is 12.5. The summed E-state index contributed by atoms with van der Waals surface area (Å²) in [5.74, 6) is -0.496. The lowest BCUT2D eigenvalue weighted by Gasteiger charge is -2.16. The first kappa shape index (κ1) is 15.1. The number of carbonyl (C=O) groups excluding carboxylic acids is 2. The maximum Gasteiger partial charge on any atom is 0.256 e. The molecular weight excluding hydrogens is 368 g/mol. The van der Waals surface area contributed by atoms with Crippen molar-refractivity contribution in [2.45, 2.75) is 12.5 Å². The van der Waals surface area contributed by atoms with Gasteiger partial charge in [-0.05, 0) is 36.4 Å². The van der Waals surface area contributed by atoms with Crippen LogP contribution in [0.2, 0.25) is 5.02 Å². The van der Waals surface area contributed by atoms with E-state index in [4.69, 9.17) is 11.6 Å². The zero-order valence-electron chi connectivity index (χ0n) is 11.4. The average Bonchev–Trinajstić information content (AvgIpc) is 2.77. The van der Waals surface area contributed by atoms with Crippen molar-refractivity contribution < 1.29 is 9.59 Å². The van der Waals surface area contributed by atoms with E-state index in [0.717, 1.165) is 4.47 Å². The van der Waals surface area contributed by atoms with Crippen molar-refractivity contribution in [3.8, 4) is 0 Å². The van der Waals surface area contributed by atoms with Crippen molar-refractivity contribution in [1.29, 1.82) is 0 Å². The zero-order chi connectivity index (χ0) is 15.7. The number of hydrogen-bond acceptors (Lipinski definition) is 3. The monoisotopic (exact) mass is 378 g/mol. The number of nitrogens with zero attached hydrogens (tertiary/aromatic N) is 1. The molecule has 1 atom stereocenters. The zero-order valence-corrected chi connectivity index (χ0v) is 13.8. The van der Waals surface area contributed by atoms with Gasteiger partial charge in [-0.2, -0.15) is 0 Å². The molecule has 1 aliphatic rings. The van der Waals surface area contributed by atoms with Crippen molar-refractivity contribution in [3.05, 3.63) is 58.0 Å².